The van der Waals surface area contributed by atoms with E-state index < -0.39 is 0 Å². The van der Waals surface area contributed by atoms with Gasteiger partial charge in [-0.25, -0.2) is 0 Å². The Balaban J connectivity index is 1.96. The highest BCUT2D eigenvalue weighted by molar-refractivity contribution is 5.84. The second kappa shape index (κ2) is 4.49. The molecule has 0 aromatic carbocycles. The average Bonchev–Trinajstić information content (AvgIpc) is 2.59. The van der Waals surface area contributed by atoms with Crippen LogP contribution in [0.5, 0.6) is 0 Å². The van der Waals surface area contributed by atoms with Crippen LogP contribution in [-0.2, 0) is 9.53 Å². The number of carbonyl (C=O) groups is 1. The number of carbonyl (C=O) groups excluding carboxylic acids is 1. The second-order valence-electron chi connectivity index (χ2n) is 4.49. The van der Waals surface area contributed by atoms with Crippen molar-refractivity contribution in [3.8, 4) is 0 Å². The fourth-order valence-corrected chi connectivity index (χ4v) is 2.46. The van der Waals surface area contributed by atoms with E-state index in [1.165, 1.54) is 0 Å². The molecule has 2 aliphatic heterocycles. The third-order valence-corrected chi connectivity index (χ3v) is 3.40. The third-order valence-electron chi connectivity index (χ3n) is 3.40. The van der Waals surface area contributed by atoms with Gasteiger partial charge in [-0.15, -0.1) is 0 Å². The molecule has 15 heavy (non-hydrogen) atoms. The number of nitrogens with zero attached hydrogens (tertiary/aromatic N) is 1. The van der Waals surface area contributed by atoms with Gasteiger partial charge in [-0.2, -0.15) is 0 Å². The highest BCUT2D eigenvalue weighted by atomic mass is 16.5. The average molecular weight is 212 g/mol. The van der Waals surface area contributed by atoms with E-state index in [0.29, 0.717) is 12.7 Å². The molecule has 3 unspecified atom stereocenters. The van der Waals surface area contributed by atoms with Crippen LogP contribution in [0.1, 0.15) is 33.1 Å². The molecule has 4 nitrogen and oxygen atoms in total. The largest absolute Gasteiger partial charge is 0.378 e. The topological polar surface area (TPSA) is 41.6 Å². The highest BCUT2D eigenvalue weighted by Crippen LogP contribution is 2.21. The lowest BCUT2D eigenvalue weighted by molar-refractivity contribution is -0.133. The van der Waals surface area contributed by atoms with Crippen LogP contribution in [0.4, 0.5) is 0 Å². The van der Waals surface area contributed by atoms with Crippen molar-refractivity contribution < 1.29 is 9.53 Å². The lowest BCUT2D eigenvalue weighted by Crippen LogP contribution is -2.43. The Hall–Kier alpha value is -0.610. The van der Waals surface area contributed by atoms with Crippen LogP contribution in [-0.4, -0.2) is 42.3 Å². The fraction of sp³-hybridized carbons (Fsp3) is 0.909. The quantitative estimate of drug-likeness (QED) is 0.733. The van der Waals surface area contributed by atoms with E-state index in [9.17, 15) is 4.79 Å². The summed E-state index contributed by atoms with van der Waals surface area (Å²) in [5.74, 6) is 0.275. The molecule has 0 aliphatic carbocycles. The van der Waals surface area contributed by atoms with E-state index in [1.54, 1.807) is 0 Å². The Morgan fingerprint density at radius 1 is 1.60 bits per heavy atom. The summed E-state index contributed by atoms with van der Waals surface area (Å²) in [5.41, 5.74) is 0. The van der Waals surface area contributed by atoms with Crippen molar-refractivity contribution in [3.05, 3.63) is 0 Å². The van der Waals surface area contributed by atoms with Gasteiger partial charge in [0.05, 0.1) is 18.8 Å². The number of ether oxygens (including phenoxy) is 1. The van der Waals surface area contributed by atoms with Crippen LogP contribution >= 0.6 is 0 Å². The molecule has 0 saturated carbocycles. The van der Waals surface area contributed by atoms with E-state index in [4.69, 9.17) is 4.74 Å². The molecule has 2 heterocycles. The van der Waals surface area contributed by atoms with Gasteiger partial charge in [-0.3, -0.25) is 10.1 Å². The minimum absolute atomic E-state index is 0.0446. The zero-order valence-electron chi connectivity index (χ0n) is 9.53. The fourth-order valence-electron chi connectivity index (χ4n) is 2.46. The van der Waals surface area contributed by atoms with Crippen molar-refractivity contribution in [3.63, 3.8) is 0 Å². The maximum atomic E-state index is 12.0. The van der Waals surface area contributed by atoms with Gasteiger partial charge >= 0.3 is 0 Å². The van der Waals surface area contributed by atoms with Crippen LogP contribution in [0.3, 0.4) is 0 Å². The first-order valence-corrected chi connectivity index (χ1v) is 5.87. The molecule has 3 atom stereocenters. The Morgan fingerprint density at radius 3 is 3.00 bits per heavy atom. The summed E-state index contributed by atoms with van der Waals surface area (Å²) >= 11 is 0. The van der Waals surface area contributed by atoms with E-state index in [-0.39, 0.29) is 18.1 Å². The number of amides is 1. The Kier molecular flexibility index (Phi) is 3.26. The summed E-state index contributed by atoms with van der Waals surface area (Å²) in [6.07, 6.45) is 3.13. The maximum Gasteiger partial charge on any atom is 0.241 e. The summed E-state index contributed by atoms with van der Waals surface area (Å²) in [7, 11) is 0. The van der Waals surface area contributed by atoms with Gasteiger partial charge in [0.25, 0.3) is 0 Å². The van der Waals surface area contributed by atoms with Crippen molar-refractivity contribution >= 4 is 5.91 Å². The molecular weight excluding hydrogens is 192 g/mol. The highest BCUT2D eigenvalue weighted by Gasteiger charge is 2.36. The lowest BCUT2D eigenvalue weighted by atomic mass is 10.0. The molecule has 1 N–H and O–H groups in total. The lowest BCUT2D eigenvalue weighted by Gasteiger charge is -2.33. The number of nitrogens with one attached hydrogen (secondary N) is 1. The molecule has 0 aromatic rings. The minimum atomic E-state index is 0.0446. The monoisotopic (exact) mass is 212 g/mol. The standard InChI is InChI=1S/C11H20N2O2/c1-3-10-11(14)13(7-12-10)9-4-5-15-8(2)6-9/h8-10,12H,3-7H2,1-2H3. The summed E-state index contributed by atoms with van der Waals surface area (Å²) in [4.78, 5) is 14.0. The Bertz CT molecular complexity index is 245. The summed E-state index contributed by atoms with van der Waals surface area (Å²) < 4.78 is 5.50. The van der Waals surface area contributed by atoms with Gasteiger partial charge in [0.2, 0.25) is 5.91 Å². The normalized spacial score (nSPS) is 37.3. The Morgan fingerprint density at radius 2 is 2.40 bits per heavy atom. The van der Waals surface area contributed by atoms with Crippen LogP contribution < -0.4 is 5.32 Å². The number of hydrogen-bond acceptors (Lipinski definition) is 3. The Labute approximate surface area is 91.0 Å². The molecule has 86 valence electrons. The van der Waals surface area contributed by atoms with Gasteiger partial charge in [-0.1, -0.05) is 6.92 Å². The van der Waals surface area contributed by atoms with Crippen LogP contribution in [0.25, 0.3) is 0 Å². The zero-order valence-corrected chi connectivity index (χ0v) is 9.53. The summed E-state index contributed by atoms with van der Waals surface area (Å²) in [5, 5.41) is 3.25. The van der Waals surface area contributed by atoms with Gasteiger partial charge in [-0.05, 0) is 26.2 Å². The van der Waals surface area contributed by atoms with Crippen molar-refractivity contribution in [2.45, 2.75) is 51.3 Å². The second-order valence-corrected chi connectivity index (χ2v) is 4.49. The van der Waals surface area contributed by atoms with Crippen molar-refractivity contribution in [1.29, 1.82) is 0 Å². The molecule has 0 radical (unpaired) electrons. The first kappa shape index (κ1) is 10.9. The van der Waals surface area contributed by atoms with Crippen LogP contribution in [0.15, 0.2) is 0 Å². The van der Waals surface area contributed by atoms with E-state index >= 15 is 0 Å². The smallest absolute Gasteiger partial charge is 0.241 e. The predicted molar refractivity (Wildman–Crippen MR) is 57.4 cm³/mol. The summed E-state index contributed by atoms with van der Waals surface area (Å²) in [6, 6.07) is 0.424. The number of rotatable bonds is 2. The van der Waals surface area contributed by atoms with Crippen LogP contribution in [0, 0.1) is 0 Å². The van der Waals surface area contributed by atoms with Gasteiger partial charge < -0.3 is 9.64 Å². The third kappa shape index (κ3) is 2.16. The molecule has 0 spiro atoms. The molecule has 2 aliphatic rings. The van der Waals surface area contributed by atoms with E-state index in [2.05, 4.69) is 12.2 Å². The summed E-state index contributed by atoms with van der Waals surface area (Å²) in [6.45, 7) is 5.63. The molecule has 2 fully saturated rings. The van der Waals surface area contributed by atoms with Crippen LogP contribution in [0.2, 0.25) is 0 Å². The minimum Gasteiger partial charge on any atom is -0.378 e. The molecule has 4 heteroatoms. The molecule has 0 aromatic heterocycles. The van der Waals surface area contributed by atoms with Gasteiger partial charge in [0, 0.05) is 12.6 Å². The predicted octanol–water partition coefficient (Wildman–Crippen LogP) is 0.722. The van der Waals surface area contributed by atoms with Crippen molar-refractivity contribution in [2.24, 2.45) is 0 Å². The first-order chi connectivity index (χ1) is 7.22. The van der Waals surface area contributed by atoms with Gasteiger partial charge in [0.1, 0.15) is 0 Å². The zero-order chi connectivity index (χ0) is 10.8. The SMILES string of the molecule is CCC1NCN(C2CCOC(C)C2)C1=O. The molecule has 2 rings (SSSR count). The van der Waals surface area contributed by atoms with E-state index in [0.717, 1.165) is 25.9 Å². The van der Waals surface area contributed by atoms with Crippen molar-refractivity contribution in [2.75, 3.05) is 13.3 Å². The maximum absolute atomic E-state index is 12.0. The molecule has 0 bridgehead atoms. The molecule has 2 saturated heterocycles. The number of hydrogen-bond donors (Lipinski definition) is 1. The first-order valence-electron chi connectivity index (χ1n) is 5.87. The van der Waals surface area contributed by atoms with Crippen molar-refractivity contribution in [1.82, 2.24) is 10.2 Å². The van der Waals surface area contributed by atoms with E-state index in [1.807, 2.05) is 11.8 Å². The molecular formula is C11H20N2O2. The van der Waals surface area contributed by atoms with Gasteiger partial charge in [0.15, 0.2) is 0 Å². The molecule has 1 amide bonds.